The maximum Gasteiger partial charge on any atom is 0.353 e. The second kappa shape index (κ2) is 7.08. The minimum absolute atomic E-state index is 0.0584. The maximum absolute atomic E-state index is 11.8. The Balaban J connectivity index is 1.94. The fourth-order valence-electron chi connectivity index (χ4n) is 2.35. The average Bonchev–Trinajstić information content (AvgIpc) is 2.75. The third kappa shape index (κ3) is 3.85. The Morgan fingerprint density at radius 3 is 2.36 bits per heavy atom. The molecule has 0 aromatic carbocycles. The number of rotatable bonds is 4. The van der Waals surface area contributed by atoms with Gasteiger partial charge in [0, 0.05) is 24.2 Å². The van der Waals surface area contributed by atoms with Crippen molar-refractivity contribution in [1.82, 2.24) is 10.1 Å². The van der Waals surface area contributed by atoms with E-state index in [1.165, 1.54) is 5.01 Å². The van der Waals surface area contributed by atoms with Crippen LogP contribution < -0.4 is 11.6 Å². The highest BCUT2D eigenvalue weighted by Crippen LogP contribution is 2.18. The summed E-state index contributed by atoms with van der Waals surface area (Å²) in [6.45, 7) is -0.281. The van der Waals surface area contributed by atoms with E-state index in [0.717, 1.165) is 12.8 Å². The van der Waals surface area contributed by atoms with Gasteiger partial charge in [-0.25, -0.2) is 10.6 Å². The van der Waals surface area contributed by atoms with Crippen molar-refractivity contribution in [2.75, 3.05) is 6.54 Å². The number of hydroxylamine groups is 2. The summed E-state index contributed by atoms with van der Waals surface area (Å²) >= 11 is 0. The molecule has 0 atom stereocenters. The van der Waals surface area contributed by atoms with E-state index in [1.807, 2.05) is 6.08 Å². The Bertz CT molecular complexity index is 525. The van der Waals surface area contributed by atoms with Crippen LogP contribution in [0.3, 0.4) is 0 Å². The van der Waals surface area contributed by atoms with Crippen LogP contribution in [0.15, 0.2) is 23.5 Å². The minimum atomic E-state index is -0.774. The van der Waals surface area contributed by atoms with Gasteiger partial charge in [0.05, 0.1) is 0 Å². The fourth-order valence-corrected chi connectivity index (χ4v) is 2.35. The van der Waals surface area contributed by atoms with Crippen molar-refractivity contribution in [2.45, 2.75) is 38.5 Å². The summed E-state index contributed by atoms with van der Waals surface area (Å²) in [7, 11) is 0. The highest BCUT2D eigenvalue weighted by Gasteiger charge is 2.33. The van der Waals surface area contributed by atoms with E-state index in [1.54, 1.807) is 0 Å². The molecule has 1 aliphatic heterocycles. The van der Waals surface area contributed by atoms with Crippen LogP contribution >= 0.6 is 0 Å². The summed E-state index contributed by atoms with van der Waals surface area (Å²) < 4.78 is 0. The number of amides is 2. The lowest BCUT2D eigenvalue weighted by Gasteiger charge is -2.24. The van der Waals surface area contributed by atoms with Crippen LogP contribution in [-0.4, -0.2) is 34.4 Å². The molecule has 8 nitrogen and oxygen atoms in total. The van der Waals surface area contributed by atoms with Crippen molar-refractivity contribution in [1.29, 1.82) is 0 Å². The van der Waals surface area contributed by atoms with Crippen LogP contribution in [0.25, 0.3) is 0 Å². The average molecular weight is 308 g/mol. The zero-order valence-corrected chi connectivity index (χ0v) is 12.3. The predicted molar refractivity (Wildman–Crippen MR) is 76.9 cm³/mol. The Kier molecular flexibility index (Phi) is 5.16. The first-order valence-electron chi connectivity index (χ1n) is 7.20. The van der Waals surface area contributed by atoms with Crippen molar-refractivity contribution >= 4 is 17.8 Å². The molecule has 0 spiro atoms. The van der Waals surface area contributed by atoms with Gasteiger partial charge in [0.25, 0.3) is 11.8 Å². The standard InChI is InChI=1S/C14H20N4O4/c15-10-5-3-1-2-4-6-11(10)17(16)9-14(21)22-18-12(19)7-8-13(18)20/h1-2H,3-9,15-16H2/b2-1+,11-10-. The lowest BCUT2D eigenvalue weighted by atomic mass is 10.1. The normalized spacial score (nSPS) is 24.0. The molecule has 1 aliphatic carbocycles. The van der Waals surface area contributed by atoms with Crippen LogP contribution in [0.5, 0.6) is 0 Å². The van der Waals surface area contributed by atoms with Crippen molar-refractivity contribution in [3.8, 4) is 0 Å². The van der Waals surface area contributed by atoms with Crippen LogP contribution in [0, 0.1) is 0 Å². The number of hydrogen-bond acceptors (Lipinski definition) is 7. The molecule has 0 radical (unpaired) electrons. The topological polar surface area (TPSA) is 119 Å². The molecule has 0 aromatic heterocycles. The monoisotopic (exact) mass is 308 g/mol. The summed E-state index contributed by atoms with van der Waals surface area (Å²) in [4.78, 5) is 39.4. The van der Waals surface area contributed by atoms with Crippen molar-refractivity contribution < 1.29 is 19.2 Å². The molecular formula is C14H20N4O4. The third-order valence-electron chi connectivity index (χ3n) is 3.51. The largest absolute Gasteiger partial charge is 0.401 e. The molecule has 0 aromatic rings. The van der Waals surface area contributed by atoms with Gasteiger partial charge in [-0.3, -0.25) is 9.59 Å². The Labute approximate surface area is 128 Å². The second-order valence-electron chi connectivity index (χ2n) is 5.19. The van der Waals surface area contributed by atoms with E-state index in [-0.39, 0.29) is 19.4 Å². The zero-order valence-electron chi connectivity index (χ0n) is 12.3. The summed E-state index contributed by atoms with van der Waals surface area (Å²) in [6.07, 6.45) is 7.10. The third-order valence-corrected chi connectivity index (χ3v) is 3.51. The lowest BCUT2D eigenvalue weighted by Crippen LogP contribution is -2.41. The second-order valence-corrected chi connectivity index (χ2v) is 5.19. The van der Waals surface area contributed by atoms with Gasteiger partial charge in [-0.05, 0) is 25.7 Å². The fraction of sp³-hybridized carbons (Fsp3) is 0.500. The van der Waals surface area contributed by atoms with Crippen molar-refractivity contribution in [3.05, 3.63) is 23.5 Å². The number of carbonyl (C=O) groups excluding carboxylic acids is 3. The van der Waals surface area contributed by atoms with Gasteiger partial charge in [-0.2, -0.15) is 0 Å². The first-order valence-corrected chi connectivity index (χ1v) is 7.20. The van der Waals surface area contributed by atoms with E-state index < -0.39 is 17.8 Å². The summed E-state index contributed by atoms with van der Waals surface area (Å²) in [5, 5.41) is 1.73. The van der Waals surface area contributed by atoms with Gasteiger partial charge in [0.1, 0.15) is 6.54 Å². The molecule has 1 heterocycles. The van der Waals surface area contributed by atoms with Gasteiger partial charge in [0.15, 0.2) is 0 Å². The first-order chi connectivity index (χ1) is 10.5. The molecule has 0 bridgehead atoms. The lowest BCUT2D eigenvalue weighted by molar-refractivity contribution is -0.197. The van der Waals surface area contributed by atoms with Gasteiger partial charge >= 0.3 is 5.97 Å². The summed E-state index contributed by atoms with van der Waals surface area (Å²) in [6, 6.07) is 0. The molecule has 8 heteroatoms. The van der Waals surface area contributed by atoms with Gasteiger partial charge in [-0.15, -0.1) is 5.06 Å². The molecule has 0 unspecified atom stereocenters. The van der Waals surface area contributed by atoms with Crippen LogP contribution in [0.2, 0.25) is 0 Å². The van der Waals surface area contributed by atoms with Gasteiger partial charge < -0.3 is 15.6 Å². The molecule has 1 fully saturated rings. The molecular weight excluding hydrogens is 288 g/mol. The Hall–Kier alpha value is -2.35. The van der Waals surface area contributed by atoms with E-state index in [9.17, 15) is 14.4 Å². The minimum Gasteiger partial charge on any atom is -0.401 e. The molecule has 4 N–H and O–H groups in total. The number of nitrogens with zero attached hydrogens (tertiary/aromatic N) is 2. The maximum atomic E-state index is 11.8. The molecule has 2 amide bonds. The highest BCUT2D eigenvalue weighted by atomic mass is 16.7. The molecule has 1 saturated heterocycles. The van der Waals surface area contributed by atoms with Crippen molar-refractivity contribution in [3.63, 3.8) is 0 Å². The van der Waals surface area contributed by atoms with E-state index >= 15 is 0 Å². The van der Waals surface area contributed by atoms with E-state index in [0.29, 0.717) is 29.3 Å². The predicted octanol–water partition coefficient (Wildman–Crippen LogP) is 0.0698. The SMILES string of the molecule is N/C1=C(\N(N)CC(=O)ON2C(=O)CCC2=O)CC/C=C/CC1. The van der Waals surface area contributed by atoms with Gasteiger partial charge in [-0.1, -0.05) is 12.2 Å². The van der Waals surface area contributed by atoms with E-state index in [4.69, 9.17) is 16.4 Å². The molecule has 2 rings (SSSR count). The number of hydrogen-bond donors (Lipinski definition) is 2. The van der Waals surface area contributed by atoms with Crippen LogP contribution in [-0.2, 0) is 19.2 Å². The Morgan fingerprint density at radius 2 is 1.73 bits per heavy atom. The molecule has 0 saturated carbocycles. The number of imide groups is 1. The van der Waals surface area contributed by atoms with E-state index in [2.05, 4.69) is 6.08 Å². The highest BCUT2D eigenvalue weighted by molar-refractivity contribution is 6.01. The number of carbonyl (C=O) groups is 3. The van der Waals surface area contributed by atoms with Gasteiger partial charge in [0.2, 0.25) is 0 Å². The Morgan fingerprint density at radius 1 is 1.14 bits per heavy atom. The molecule has 2 aliphatic rings. The first kappa shape index (κ1) is 16.0. The number of allylic oxidation sites excluding steroid dienone is 4. The van der Waals surface area contributed by atoms with Crippen LogP contribution in [0.1, 0.15) is 38.5 Å². The summed E-state index contributed by atoms with van der Waals surface area (Å²) in [5.74, 6) is 4.08. The van der Waals surface area contributed by atoms with Crippen molar-refractivity contribution in [2.24, 2.45) is 11.6 Å². The number of nitrogens with two attached hydrogens (primary N) is 2. The van der Waals surface area contributed by atoms with Crippen LogP contribution in [0.4, 0.5) is 0 Å². The molecule has 120 valence electrons. The quantitative estimate of drug-likeness (QED) is 0.326. The number of hydrazine groups is 1. The summed E-state index contributed by atoms with van der Waals surface area (Å²) in [5.41, 5.74) is 7.30. The molecule has 22 heavy (non-hydrogen) atoms. The zero-order chi connectivity index (χ0) is 16.1. The smallest absolute Gasteiger partial charge is 0.353 e.